The molecular weight excluding hydrogens is 172 g/mol. The van der Waals surface area contributed by atoms with E-state index in [0.717, 1.165) is 12.1 Å². The van der Waals surface area contributed by atoms with E-state index in [1.165, 1.54) is 23.3 Å². The molecular formula is C12H14N2. The molecule has 0 aliphatic carbocycles. The minimum absolute atomic E-state index is 0.628. The van der Waals surface area contributed by atoms with Gasteiger partial charge in [-0.15, -0.1) is 0 Å². The zero-order chi connectivity index (χ0) is 9.71. The van der Waals surface area contributed by atoms with Gasteiger partial charge in [-0.3, -0.25) is 0 Å². The van der Waals surface area contributed by atoms with Gasteiger partial charge < -0.3 is 4.57 Å². The molecule has 0 N–H and O–H groups in total. The van der Waals surface area contributed by atoms with Crippen molar-refractivity contribution in [2.75, 3.05) is 0 Å². The highest BCUT2D eigenvalue weighted by molar-refractivity contribution is 5.77. The Morgan fingerprint density at radius 2 is 2.29 bits per heavy atom. The Morgan fingerprint density at radius 3 is 3.14 bits per heavy atom. The number of benzene rings is 1. The summed E-state index contributed by atoms with van der Waals surface area (Å²) in [5, 5.41) is 0. The minimum atomic E-state index is 0.628. The van der Waals surface area contributed by atoms with Gasteiger partial charge in [0.1, 0.15) is 5.82 Å². The van der Waals surface area contributed by atoms with Crippen LogP contribution in [0, 0.1) is 6.92 Å². The number of imidazole rings is 1. The fourth-order valence-corrected chi connectivity index (χ4v) is 2.32. The highest BCUT2D eigenvalue weighted by Crippen LogP contribution is 2.30. The second kappa shape index (κ2) is 2.59. The second-order valence-corrected chi connectivity index (χ2v) is 4.30. The average molecular weight is 186 g/mol. The number of aromatic nitrogens is 2. The topological polar surface area (TPSA) is 17.8 Å². The first-order chi connectivity index (χ1) is 6.75. The van der Waals surface area contributed by atoms with Gasteiger partial charge in [0.15, 0.2) is 0 Å². The van der Waals surface area contributed by atoms with Crippen LogP contribution in [0.4, 0.5) is 0 Å². The van der Waals surface area contributed by atoms with Crippen molar-refractivity contribution in [3.05, 3.63) is 29.6 Å². The summed E-state index contributed by atoms with van der Waals surface area (Å²) in [4.78, 5) is 4.70. The zero-order valence-electron chi connectivity index (χ0n) is 8.62. The van der Waals surface area contributed by atoms with Crippen molar-refractivity contribution >= 4 is 11.0 Å². The van der Waals surface area contributed by atoms with Crippen LogP contribution in [0.5, 0.6) is 0 Å². The maximum Gasteiger partial charge on any atom is 0.112 e. The summed E-state index contributed by atoms with van der Waals surface area (Å²) in [5.74, 6) is 1.90. The first kappa shape index (κ1) is 8.04. The van der Waals surface area contributed by atoms with Gasteiger partial charge in [-0.05, 0) is 31.0 Å². The number of nitrogens with zero attached hydrogens (tertiary/aromatic N) is 2. The highest BCUT2D eigenvalue weighted by Gasteiger charge is 2.22. The molecule has 0 spiro atoms. The highest BCUT2D eigenvalue weighted by atomic mass is 15.1. The van der Waals surface area contributed by atoms with E-state index in [1.807, 2.05) is 0 Å². The van der Waals surface area contributed by atoms with E-state index >= 15 is 0 Å². The minimum Gasteiger partial charge on any atom is -0.328 e. The van der Waals surface area contributed by atoms with E-state index in [9.17, 15) is 0 Å². The quantitative estimate of drug-likeness (QED) is 0.618. The van der Waals surface area contributed by atoms with Crippen molar-refractivity contribution in [3.63, 3.8) is 0 Å². The number of hydrogen-bond donors (Lipinski definition) is 0. The number of hydrogen-bond acceptors (Lipinski definition) is 1. The van der Waals surface area contributed by atoms with E-state index in [2.05, 4.69) is 36.6 Å². The maximum absolute atomic E-state index is 4.70. The number of aryl methyl sites for hydroxylation is 2. The molecule has 0 saturated carbocycles. The second-order valence-electron chi connectivity index (χ2n) is 4.30. The van der Waals surface area contributed by atoms with E-state index in [1.54, 1.807) is 0 Å². The lowest BCUT2D eigenvalue weighted by molar-refractivity contribution is 0.709. The molecule has 1 aromatic heterocycles. The molecule has 2 aromatic rings. The number of fused-ring (bicyclic) bond motifs is 3. The molecule has 0 fully saturated rings. The molecule has 2 heteroatoms. The lowest BCUT2D eigenvalue weighted by Crippen LogP contribution is -1.91. The standard InChI is InChI=1S/C12H14N2/c1-8-3-4-11-10(7-8)13-12-9(2)5-6-14(11)12/h3-4,7,9H,5-6H2,1-2H3/t9-/m1/s1. The summed E-state index contributed by atoms with van der Waals surface area (Å²) in [5.41, 5.74) is 3.75. The molecule has 0 saturated heterocycles. The SMILES string of the molecule is Cc1ccc2c(c1)nc1n2CC[C@H]1C. The maximum atomic E-state index is 4.70. The smallest absolute Gasteiger partial charge is 0.112 e. The van der Waals surface area contributed by atoms with Crippen LogP contribution in [-0.2, 0) is 6.54 Å². The van der Waals surface area contributed by atoms with Crippen molar-refractivity contribution in [2.24, 2.45) is 0 Å². The molecule has 0 unspecified atom stereocenters. The van der Waals surface area contributed by atoms with Crippen LogP contribution in [0.2, 0.25) is 0 Å². The van der Waals surface area contributed by atoms with Gasteiger partial charge in [0.2, 0.25) is 0 Å². The van der Waals surface area contributed by atoms with Crippen molar-refractivity contribution < 1.29 is 0 Å². The number of rotatable bonds is 0. The van der Waals surface area contributed by atoms with Gasteiger partial charge in [0.25, 0.3) is 0 Å². The van der Waals surface area contributed by atoms with Gasteiger partial charge >= 0.3 is 0 Å². The molecule has 2 heterocycles. The average Bonchev–Trinajstić information content (AvgIpc) is 2.66. The van der Waals surface area contributed by atoms with Crippen LogP contribution >= 0.6 is 0 Å². The first-order valence-electron chi connectivity index (χ1n) is 5.22. The third-order valence-electron chi connectivity index (χ3n) is 3.16. The molecule has 1 atom stereocenters. The molecule has 1 aliphatic rings. The van der Waals surface area contributed by atoms with Gasteiger partial charge in [0.05, 0.1) is 11.0 Å². The summed E-state index contributed by atoms with van der Waals surface area (Å²) in [7, 11) is 0. The predicted molar refractivity (Wildman–Crippen MR) is 57.5 cm³/mol. The molecule has 3 rings (SSSR count). The van der Waals surface area contributed by atoms with Crippen molar-refractivity contribution in [1.82, 2.24) is 9.55 Å². The van der Waals surface area contributed by atoms with E-state index in [-0.39, 0.29) is 0 Å². The van der Waals surface area contributed by atoms with Crippen molar-refractivity contribution in [1.29, 1.82) is 0 Å². The molecule has 0 amide bonds. The Morgan fingerprint density at radius 1 is 1.43 bits per heavy atom. The first-order valence-corrected chi connectivity index (χ1v) is 5.22. The summed E-state index contributed by atoms with van der Waals surface area (Å²) in [6, 6.07) is 6.53. The zero-order valence-corrected chi connectivity index (χ0v) is 8.62. The van der Waals surface area contributed by atoms with Crippen molar-refractivity contribution in [3.8, 4) is 0 Å². The fourth-order valence-electron chi connectivity index (χ4n) is 2.32. The predicted octanol–water partition coefficient (Wildman–Crippen LogP) is 2.85. The molecule has 72 valence electrons. The monoisotopic (exact) mass is 186 g/mol. The molecule has 2 nitrogen and oxygen atoms in total. The van der Waals surface area contributed by atoms with Crippen LogP contribution in [-0.4, -0.2) is 9.55 Å². The summed E-state index contributed by atoms with van der Waals surface area (Å²) in [6.07, 6.45) is 1.24. The normalized spacial score (nSPS) is 20.3. The largest absolute Gasteiger partial charge is 0.328 e. The Kier molecular flexibility index (Phi) is 1.49. The lowest BCUT2D eigenvalue weighted by atomic mass is 10.1. The Labute approximate surface area is 83.6 Å². The van der Waals surface area contributed by atoms with E-state index in [0.29, 0.717) is 5.92 Å². The van der Waals surface area contributed by atoms with Crippen molar-refractivity contribution in [2.45, 2.75) is 32.7 Å². The summed E-state index contributed by atoms with van der Waals surface area (Å²) < 4.78 is 2.36. The third-order valence-corrected chi connectivity index (χ3v) is 3.16. The van der Waals surface area contributed by atoms with Crippen LogP contribution in [0.25, 0.3) is 11.0 Å². The van der Waals surface area contributed by atoms with Gasteiger partial charge in [-0.1, -0.05) is 13.0 Å². The molecule has 14 heavy (non-hydrogen) atoms. The van der Waals surface area contributed by atoms with Crippen LogP contribution < -0.4 is 0 Å². The van der Waals surface area contributed by atoms with Crippen LogP contribution in [0.3, 0.4) is 0 Å². The fraction of sp³-hybridized carbons (Fsp3) is 0.417. The lowest BCUT2D eigenvalue weighted by Gasteiger charge is -1.97. The van der Waals surface area contributed by atoms with E-state index in [4.69, 9.17) is 4.98 Å². The van der Waals surface area contributed by atoms with Crippen LogP contribution in [0.15, 0.2) is 18.2 Å². The van der Waals surface area contributed by atoms with Gasteiger partial charge in [0, 0.05) is 12.5 Å². The van der Waals surface area contributed by atoms with Gasteiger partial charge in [-0.2, -0.15) is 0 Å². The van der Waals surface area contributed by atoms with E-state index < -0.39 is 0 Å². The molecule has 0 radical (unpaired) electrons. The molecule has 1 aliphatic heterocycles. The Bertz CT molecular complexity index is 496. The van der Waals surface area contributed by atoms with Gasteiger partial charge in [-0.25, -0.2) is 4.98 Å². The molecule has 1 aromatic carbocycles. The third kappa shape index (κ3) is 0.939. The Hall–Kier alpha value is -1.31. The molecule has 0 bridgehead atoms. The summed E-state index contributed by atoms with van der Waals surface area (Å²) in [6.45, 7) is 5.51. The van der Waals surface area contributed by atoms with Crippen LogP contribution in [0.1, 0.15) is 30.7 Å². The Balaban J connectivity index is 2.34. The summed E-state index contributed by atoms with van der Waals surface area (Å²) >= 11 is 0.